The third-order valence-corrected chi connectivity index (χ3v) is 7.84. The SMILES string of the molecule is COC(OC)C1CC=C(c2cc(N3C4CCC3CN(C(=O)OCc3ccccc3)C4)ccc2F)CC1. The van der Waals surface area contributed by atoms with Gasteiger partial charge in [-0.2, -0.15) is 0 Å². The van der Waals surface area contributed by atoms with Crippen molar-refractivity contribution < 1.29 is 23.4 Å². The molecule has 3 aliphatic rings. The van der Waals surface area contributed by atoms with Crippen LogP contribution in [0.25, 0.3) is 5.57 Å². The van der Waals surface area contributed by atoms with E-state index in [9.17, 15) is 9.18 Å². The summed E-state index contributed by atoms with van der Waals surface area (Å²) in [6, 6.07) is 15.6. The molecule has 0 saturated carbocycles. The molecule has 2 fully saturated rings. The van der Waals surface area contributed by atoms with Crippen molar-refractivity contribution in [3.05, 3.63) is 71.6 Å². The summed E-state index contributed by atoms with van der Waals surface area (Å²) in [5, 5.41) is 0. The number of likely N-dealkylation sites (tertiary alicyclic amines) is 1. The molecule has 7 heteroatoms. The number of allylic oxidation sites excluding steroid dienone is 2. The highest BCUT2D eigenvalue weighted by Gasteiger charge is 2.42. The molecule has 5 rings (SSSR count). The van der Waals surface area contributed by atoms with E-state index in [1.165, 1.54) is 0 Å². The van der Waals surface area contributed by atoms with E-state index in [0.717, 1.165) is 48.9 Å². The van der Waals surface area contributed by atoms with Crippen LogP contribution in [0.15, 0.2) is 54.6 Å². The average molecular weight is 495 g/mol. The van der Waals surface area contributed by atoms with Crippen LogP contribution in [-0.2, 0) is 20.8 Å². The summed E-state index contributed by atoms with van der Waals surface area (Å²) in [6.07, 6.45) is 6.17. The fourth-order valence-electron chi connectivity index (χ4n) is 6.03. The second-order valence-electron chi connectivity index (χ2n) is 10.0. The lowest BCUT2D eigenvalue weighted by molar-refractivity contribution is -0.138. The Bertz CT molecular complexity index is 1070. The van der Waals surface area contributed by atoms with Crippen molar-refractivity contribution in [3.63, 3.8) is 0 Å². The van der Waals surface area contributed by atoms with Crippen molar-refractivity contribution >= 4 is 17.4 Å². The second kappa shape index (κ2) is 11.0. The van der Waals surface area contributed by atoms with Gasteiger partial charge in [0, 0.05) is 56.6 Å². The number of rotatable bonds is 7. The molecule has 2 aromatic rings. The van der Waals surface area contributed by atoms with E-state index in [2.05, 4.69) is 11.0 Å². The van der Waals surface area contributed by atoms with E-state index < -0.39 is 0 Å². The molecule has 2 heterocycles. The Balaban J connectivity index is 1.26. The van der Waals surface area contributed by atoms with Crippen LogP contribution in [0, 0.1) is 11.7 Å². The number of carbonyl (C=O) groups is 1. The molecule has 1 amide bonds. The number of methoxy groups -OCH3 is 2. The summed E-state index contributed by atoms with van der Waals surface area (Å²) in [6.45, 7) is 1.52. The Morgan fingerprint density at radius 3 is 2.39 bits per heavy atom. The number of amides is 1. The number of piperazine rings is 1. The number of carbonyl (C=O) groups excluding carboxylic acids is 1. The molecular weight excluding hydrogens is 459 g/mol. The number of hydrogen-bond donors (Lipinski definition) is 0. The normalized spacial score (nSPS) is 23.7. The van der Waals surface area contributed by atoms with Crippen LogP contribution in [0.2, 0.25) is 0 Å². The summed E-state index contributed by atoms with van der Waals surface area (Å²) in [4.78, 5) is 17.0. The maximum Gasteiger partial charge on any atom is 0.410 e. The zero-order chi connectivity index (χ0) is 25.1. The molecule has 1 aliphatic carbocycles. The smallest absolute Gasteiger partial charge is 0.410 e. The molecule has 0 N–H and O–H groups in total. The van der Waals surface area contributed by atoms with Gasteiger partial charge in [0.25, 0.3) is 0 Å². The lowest BCUT2D eigenvalue weighted by Crippen LogP contribution is -2.55. The minimum atomic E-state index is -0.262. The highest BCUT2D eigenvalue weighted by atomic mass is 19.1. The topological polar surface area (TPSA) is 51.2 Å². The highest BCUT2D eigenvalue weighted by molar-refractivity contribution is 5.72. The van der Waals surface area contributed by atoms with Gasteiger partial charge in [0.15, 0.2) is 6.29 Å². The van der Waals surface area contributed by atoms with E-state index in [0.29, 0.717) is 18.7 Å². The minimum absolute atomic E-state index is 0.186. The standard InChI is InChI=1S/C29H35FN2O4/c1-34-28(35-2)22-10-8-21(9-11-22)26-16-23(14-15-27(26)30)32-24-12-13-25(32)18-31(17-24)29(33)36-19-20-6-4-3-5-7-20/h3-8,14-16,22,24-25,28H,9-13,17-19H2,1-2H3. The molecule has 0 radical (unpaired) electrons. The zero-order valence-electron chi connectivity index (χ0n) is 21.1. The maximum absolute atomic E-state index is 14.9. The maximum atomic E-state index is 14.9. The molecule has 2 bridgehead atoms. The van der Waals surface area contributed by atoms with Gasteiger partial charge in [-0.15, -0.1) is 0 Å². The van der Waals surface area contributed by atoms with Crippen molar-refractivity contribution in [3.8, 4) is 0 Å². The number of ether oxygens (including phenoxy) is 3. The van der Waals surface area contributed by atoms with E-state index in [1.807, 2.05) is 47.4 Å². The Morgan fingerprint density at radius 2 is 1.75 bits per heavy atom. The van der Waals surface area contributed by atoms with Crippen LogP contribution in [0.4, 0.5) is 14.9 Å². The number of fused-ring (bicyclic) bond motifs is 2. The zero-order valence-corrected chi connectivity index (χ0v) is 21.1. The van der Waals surface area contributed by atoms with Gasteiger partial charge >= 0.3 is 6.09 Å². The van der Waals surface area contributed by atoms with Gasteiger partial charge in [0.2, 0.25) is 0 Å². The first-order valence-corrected chi connectivity index (χ1v) is 12.9. The third-order valence-electron chi connectivity index (χ3n) is 7.84. The van der Waals surface area contributed by atoms with Crippen LogP contribution in [0.1, 0.15) is 43.2 Å². The van der Waals surface area contributed by atoms with Crippen LogP contribution < -0.4 is 4.90 Å². The van der Waals surface area contributed by atoms with Gasteiger partial charge in [0.1, 0.15) is 12.4 Å². The Morgan fingerprint density at radius 1 is 1.03 bits per heavy atom. The molecule has 2 aromatic carbocycles. The first-order valence-electron chi connectivity index (χ1n) is 12.9. The molecule has 3 atom stereocenters. The molecule has 36 heavy (non-hydrogen) atoms. The fourth-order valence-corrected chi connectivity index (χ4v) is 6.03. The lowest BCUT2D eigenvalue weighted by atomic mass is 9.85. The Kier molecular flexibility index (Phi) is 7.58. The summed E-state index contributed by atoms with van der Waals surface area (Å²) >= 11 is 0. The number of halogens is 1. The third kappa shape index (κ3) is 5.13. The number of benzene rings is 2. The van der Waals surface area contributed by atoms with Crippen LogP contribution in [0.3, 0.4) is 0 Å². The largest absolute Gasteiger partial charge is 0.445 e. The summed E-state index contributed by atoms with van der Waals surface area (Å²) < 4.78 is 31.4. The fraction of sp³-hybridized carbons (Fsp3) is 0.483. The predicted octanol–water partition coefficient (Wildman–Crippen LogP) is 5.62. The number of hydrogen-bond acceptors (Lipinski definition) is 5. The molecule has 3 unspecified atom stereocenters. The molecule has 2 aliphatic heterocycles. The monoisotopic (exact) mass is 494 g/mol. The van der Waals surface area contributed by atoms with E-state index in [4.69, 9.17) is 14.2 Å². The van der Waals surface area contributed by atoms with Gasteiger partial charge in [-0.05, 0) is 61.4 Å². The first kappa shape index (κ1) is 24.8. The van der Waals surface area contributed by atoms with Crippen LogP contribution in [-0.4, -0.2) is 56.7 Å². The van der Waals surface area contributed by atoms with Crippen LogP contribution >= 0.6 is 0 Å². The van der Waals surface area contributed by atoms with Crippen molar-refractivity contribution in [2.24, 2.45) is 5.92 Å². The number of nitrogens with zero attached hydrogens (tertiary/aromatic N) is 2. The average Bonchev–Trinajstić information content (AvgIpc) is 3.18. The summed E-state index contributed by atoms with van der Waals surface area (Å²) in [5.41, 5.74) is 3.74. The molecule has 192 valence electrons. The molecule has 2 saturated heterocycles. The Hall–Kier alpha value is -2.90. The van der Waals surface area contributed by atoms with Gasteiger partial charge in [-0.1, -0.05) is 36.4 Å². The van der Waals surface area contributed by atoms with Crippen LogP contribution in [0.5, 0.6) is 0 Å². The lowest BCUT2D eigenvalue weighted by Gasteiger charge is -2.42. The van der Waals surface area contributed by atoms with Gasteiger partial charge in [-0.3, -0.25) is 0 Å². The Labute approximate surface area is 212 Å². The quantitative estimate of drug-likeness (QED) is 0.468. The van der Waals surface area contributed by atoms with E-state index in [-0.39, 0.29) is 42.8 Å². The molecule has 0 spiro atoms. The van der Waals surface area contributed by atoms with Gasteiger partial charge in [0.05, 0.1) is 0 Å². The van der Waals surface area contributed by atoms with Crippen molar-refractivity contribution in [1.82, 2.24) is 4.90 Å². The second-order valence-corrected chi connectivity index (χ2v) is 10.0. The van der Waals surface area contributed by atoms with Crippen molar-refractivity contribution in [2.75, 3.05) is 32.2 Å². The molecule has 0 aromatic heterocycles. The van der Waals surface area contributed by atoms with Gasteiger partial charge < -0.3 is 24.0 Å². The van der Waals surface area contributed by atoms with E-state index >= 15 is 0 Å². The number of anilines is 1. The summed E-state index contributed by atoms with van der Waals surface area (Å²) in [7, 11) is 3.32. The van der Waals surface area contributed by atoms with E-state index in [1.54, 1.807) is 20.3 Å². The molecular formula is C29H35FN2O4. The van der Waals surface area contributed by atoms with Crippen molar-refractivity contribution in [2.45, 2.75) is 57.1 Å². The molecule has 6 nitrogen and oxygen atoms in total. The summed E-state index contributed by atoms with van der Waals surface area (Å²) in [5.74, 6) is 0.0921. The van der Waals surface area contributed by atoms with Gasteiger partial charge in [-0.25, -0.2) is 9.18 Å². The minimum Gasteiger partial charge on any atom is -0.445 e. The predicted molar refractivity (Wildman–Crippen MR) is 137 cm³/mol. The first-order chi connectivity index (χ1) is 17.6. The van der Waals surface area contributed by atoms with Crippen molar-refractivity contribution in [1.29, 1.82) is 0 Å². The highest BCUT2D eigenvalue weighted by Crippen LogP contribution is 2.39.